The highest BCUT2D eigenvalue weighted by Crippen LogP contribution is 2.32. The Labute approximate surface area is 174 Å². The van der Waals surface area contributed by atoms with Gasteiger partial charge in [-0.15, -0.1) is 0 Å². The van der Waals surface area contributed by atoms with Crippen LogP contribution in [0.3, 0.4) is 0 Å². The highest BCUT2D eigenvalue weighted by atomic mass is 32.2. The van der Waals surface area contributed by atoms with Crippen molar-refractivity contribution in [3.05, 3.63) is 53.8 Å². The van der Waals surface area contributed by atoms with E-state index in [4.69, 9.17) is 0 Å². The molecule has 2 heterocycles. The maximum absolute atomic E-state index is 14.1. The monoisotopic (exact) mass is 431 g/mol. The van der Waals surface area contributed by atoms with Gasteiger partial charge in [-0.2, -0.15) is 4.31 Å². The molecule has 4 rings (SSSR count). The summed E-state index contributed by atoms with van der Waals surface area (Å²) in [4.78, 5) is 25.8. The van der Waals surface area contributed by atoms with Crippen LogP contribution in [0.5, 0.6) is 0 Å². The highest BCUT2D eigenvalue weighted by molar-refractivity contribution is 7.89. The number of nitrogens with zero attached hydrogens (tertiary/aromatic N) is 2. The van der Waals surface area contributed by atoms with Crippen molar-refractivity contribution in [2.45, 2.75) is 37.1 Å². The van der Waals surface area contributed by atoms with E-state index in [1.165, 1.54) is 25.1 Å². The molecule has 2 amide bonds. The van der Waals surface area contributed by atoms with Gasteiger partial charge >= 0.3 is 0 Å². The van der Waals surface area contributed by atoms with Gasteiger partial charge in [-0.3, -0.25) is 9.59 Å². The van der Waals surface area contributed by atoms with Crippen LogP contribution in [0.25, 0.3) is 0 Å². The van der Waals surface area contributed by atoms with Crippen molar-refractivity contribution < 1.29 is 22.4 Å². The van der Waals surface area contributed by atoms with Gasteiger partial charge in [-0.25, -0.2) is 12.8 Å². The second-order valence-electron chi connectivity index (χ2n) is 7.46. The van der Waals surface area contributed by atoms with Crippen molar-refractivity contribution in [2.75, 3.05) is 23.3 Å². The minimum Gasteiger partial charge on any atom is -0.325 e. The number of nitrogens with one attached hydrogen (secondary N) is 1. The minimum atomic E-state index is -4.13. The number of sulfonamides is 1. The fraction of sp³-hybridized carbons (Fsp3) is 0.333. The quantitative estimate of drug-likeness (QED) is 0.806. The van der Waals surface area contributed by atoms with E-state index in [9.17, 15) is 22.4 Å². The van der Waals surface area contributed by atoms with Gasteiger partial charge in [0, 0.05) is 31.4 Å². The number of carbonyl (C=O) groups is 2. The summed E-state index contributed by atoms with van der Waals surface area (Å²) in [5.74, 6) is -1.32. The largest absolute Gasteiger partial charge is 0.325 e. The second kappa shape index (κ2) is 7.81. The molecule has 9 heteroatoms. The molecule has 0 radical (unpaired) electrons. The molecule has 2 aromatic carbocycles. The van der Waals surface area contributed by atoms with Crippen LogP contribution in [0.15, 0.2) is 47.4 Å². The number of carbonyl (C=O) groups excluding carboxylic acids is 2. The standard InChI is InChI=1S/C21H22FN3O4S/c1-14(26)24-12-10-15-13-16(8-9-18(15)24)23-21(27)19-6-4-11-25(19)30(28,29)20-7-3-2-5-17(20)22/h2-3,5,7-9,13,19H,4,6,10-12H2,1H3,(H,23,27). The van der Waals surface area contributed by atoms with Gasteiger partial charge in [-0.1, -0.05) is 12.1 Å². The lowest BCUT2D eigenvalue weighted by atomic mass is 10.1. The summed E-state index contributed by atoms with van der Waals surface area (Å²) in [7, 11) is -4.13. The zero-order chi connectivity index (χ0) is 21.5. The van der Waals surface area contributed by atoms with Gasteiger partial charge in [0.1, 0.15) is 16.8 Å². The second-order valence-corrected chi connectivity index (χ2v) is 9.32. The molecule has 30 heavy (non-hydrogen) atoms. The minimum absolute atomic E-state index is 0.0366. The molecule has 1 saturated heterocycles. The fourth-order valence-electron chi connectivity index (χ4n) is 4.10. The van der Waals surface area contributed by atoms with Crippen molar-refractivity contribution in [1.82, 2.24) is 4.31 Å². The summed E-state index contributed by atoms with van der Waals surface area (Å²) in [6.45, 7) is 2.27. The van der Waals surface area contributed by atoms with Gasteiger partial charge in [0.05, 0.1) is 0 Å². The number of fused-ring (bicyclic) bond motifs is 1. The number of anilines is 2. The lowest BCUT2D eigenvalue weighted by molar-refractivity contribution is -0.119. The van der Waals surface area contributed by atoms with E-state index < -0.39 is 32.7 Å². The third-order valence-corrected chi connectivity index (χ3v) is 7.49. The summed E-state index contributed by atoms with van der Waals surface area (Å²) in [5.41, 5.74) is 2.31. The summed E-state index contributed by atoms with van der Waals surface area (Å²) >= 11 is 0. The first-order chi connectivity index (χ1) is 14.3. The van der Waals surface area contributed by atoms with Crippen LogP contribution in [-0.2, 0) is 26.0 Å². The number of rotatable bonds is 4. The van der Waals surface area contributed by atoms with Crippen molar-refractivity contribution in [3.63, 3.8) is 0 Å². The smallest absolute Gasteiger partial charge is 0.246 e. The summed E-state index contributed by atoms with van der Waals surface area (Å²) < 4.78 is 41.1. The molecule has 0 bridgehead atoms. The van der Waals surface area contributed by atoms with E-state index in [1.807, 2.05) is 0 Å². The molecule has 0 aliphatic carbocycles. The van der Waals surface area contributed by atoms with Gasteiger partial charge in [0.25, 0.3) is 0 Å². The Morgan fingerprint density at radius 3 is 2.63 bits per heavy atom. The third kappa shape index (κ3) is 3.59. The van der Waals surface area contributed by atoms with Crippen LogP contribution in [0.2, 0.25) is 0 Å². The first-order valence-corrected chi connectivity index (χ1v) is 11.2. The molecule has 0 spiro atoms. The first-order valence-electron chi connectivity index (χ1n) is 9.77. The summed E-state index contributed by atoms with van der Waals surface area (Å²) in [6, 6.07) is 9.55. The van der Waals surface area contributed by atoms with Crippen molar-refractivity contribution in [1.29, 1.82) is 0 Å². The normalized spacial score (nSPS) is 19.0. The van der Waals surface area contributed by atoms with E-state index in [2.05, 4.69) is 5.32 Å². The zero-order valence-corrected chi connectivity index (χ0v) is 17.3. The molecule has 2 aliphatic heterocycles. The lowest BCUT2D eigenvalue weighted by Gasteiger charge is -2.23. The lowest BCUT2D eigenvalue weighted by Crippen LogP contribution is -2.43. The van der Waals surface area contributed by atoms with E-state index in [0.717, 1.165) is 21.6 Å². The maximum atomic E-state index is 14.1. The van der Waals surface area contributed by atoms with E-state index in [-0.39, 0.29) is 12.5 Å². The predicted molar refractivity (Wildman–Crippen MR) is 110 cm³/mol. The average Bonchev–Trinajstić information content (AvgIpc) is 3.35. The molecule has 1 unspecified atom stereocenters. The molecule has 1 fully saturated rings. The Bertz CT molecular complexity index is 1120. The number of hydrogen-bond donors (Lipinski definition) is 1. The molecule has 1 N–H and O–H groups in total. The third-order valence-electron chi connectivity index (χ3n) is 5.55. The van der Waals surface area contributed by atoms with E-state index >= 15 is 0 Å². The molecule has 2 aliphatic rings. The molecule has 1 atom stereocenters. The van der Waals surface area contributed by atoms with Crippen LogP contribution in [-0.4, -0.2) is 43.7 Å². The number of halogens is 1. The van der Waals surface area contributed by atoms with Gasteiger partial charge in [0.15, 0.2) is 0 Å². The van der Waals surface area contributed by atoms with Crippen LogP contribution < -0.4 is 10.2 Å². The maximum Gasteiger partial charge on any atom is 0.246 e. The van der Waals surface area contributed by atoms with Gasteiger partial charge in [0.2, 0.25) is 21.8 Å². The van der Waals surface area contributed by atoms with E-state index in [1.54, 1.807) is 23.1 Å². The van der Waals surface area contributed by atoms with Crippen LogP contribution >= 0.6 is 0 Å². The first kappa shape index (κ1) is 20.5. The van der Waals surface area contributed by atoms with Gasteiger partial charge in [-0.05, 0) is 55.2 Å². The molecule has 158 valence electrons. The topological polar surface area (TPSA) is 86.8 Å². The highest BCUT2D eigenvalue weighted by Gasteiger charge is 2.40. The molecular weight excluding hydrogens is 409 g/mol. The SMILES string of the molecule is CC(=O)N1CCc2cc(NC(=O)C3CCCN3S(=O)(=O)c3ccccc3F)ccc21. The fourth-order valence-corrected chi connectivity index (χ4v) is 5.83. The van der Waals surface area contributed by atoms with Crippen molar-refractivity contribution in [2.24, 2.45) is 0 Å². The summed E-state index contributed by atoms with van der Waals surface area (Å²) in [5, 5.41) is 2.78. The molecule has 0 aromatic heterocycles. The van der Waals surface area contributed by atoms with Crippen LogP contribution in [0.1, 0.15) is 25.3 Å². The zero-order valence-electron chi connectivity index (χ0n) is 16.5. The number of hydrogen-bond acceptors (Lipinski definition) is 4. The predicted octanol–water partition coefficient (Wildman–Crippen LogP) is 2.53. The van der Waals surface area contributed by atoms with Crippen LogP contribution in [0.4, 0.5) is 15.8 Å². The molecule has 2 aromatic rings. The molecular formula is C21H22FN3O4S. The van der Waals surface area contributed by atoms with Crippen molar-refractivity contribution >= 4 is 33.2 Å². The Kier molecular flexibility index (Phi) is 5.33. The summed E-state index contributed by atoms with van der Waals surface area (Å²) in [6.07, 6.45) is 1.57. The Morgan fingerprint density at radius 2 is 1.90 bits per heavy atom. The molecule has 7 nitrogen and oxygen atoms in total. The van der Waals surface area contributed by atoms with Crippen LogP contribution in [0, 0.1) is 5.82 Å². The number of benzene rings is 2. The Balaban J connectivity index is 1.54. The Hall–Kier alpha value is -2.78. The van der Waals surface area contributed by atoms with Crippen molar-refractivity contribution in [3.8, 4) is 0 Å². The van der Waals surface area contributed by atoms with Gasteiger partial charge < -0.3 is 10.2 Å². The van der Waals surface area contributed by atoms with E-state index in [0.29, 0.717) is 31.5 Å². The average molecular weight is 431 g/mol. The number of amides is 2. The molecule has 0 saturated carbocycles. The Morgan fingerprint density at radius 1 is 1.13 bits per heavy atom.